The molecule has 136 valence electrons. The molecule has 0 radical (unpaired) electrons. The lowest BCUT2D eigenvalue weighted by Gasteiger charge is -2.19. The van der Waals surface area contributed by atoms with E-state index in [-0.39, 0.29) is 12.4 Å². The molecule has 0 heterocycles. The van der Waals surface area contributed by atoms with E-state index in [1.807, 2.05) is 0 Å². The van der Waals surface area contributed by atoms with Gasteiger partial charge in [-0.1, -0.05) is 0 Å². The van der Waals surface area contributed by atoms with Gasteiger partial charge < -0.3 is 5.32 Å². The minimum Gasteiger partial charge on any atom is -0.374 e. The number of carbonyl (C=O) groups excluding carboxylic acids is 1. The van der Waals surface area contributed by atoms with Crippen LogP contribution >= 0.6 is 0 Å². The smallest absolute Gasteiger partial charge is 0.265 e. The van der Waals surface area contributed by atoms with Crippen molar-refractivity contribution in [3.63, 3.8) is 0 Å². The van der Waals surface area contributed by atoms with Gasteiger partial charge in [0.25, 0.3) is 5.91 Å². The first-order chi connectivity index (χ1) is 11.1. The third-order valence-electron chi connectivity index (χ3n) is 3.49. The predicted molar refractivity (Wildman–Crippen MR) is 89.9 cm³/mol. The largest absolute Gasteiger partial charge is 0.374 e. The number of anilines is 1. The normalized spacial score (nSPS) is 12.7. The van der Waals surface area contributed by atoms with Crippen LogP contribution in [-0.4, -0.2) is 38.4 Å². The Balaban J connectivity index is 2.65. The van der Waals surface area contributed by atoms with Gasteiger partial charge >= 0.3 is 0 Å². The van der Waals surface area contributed by atoms with Crippen molar-refractivity contribution in [1.29, 1.82) is 0 Å². The highest BCUT2D eigenvalue weighted by atomic mass is 32.2. The Morgan fingerprint density at radius 1 is 1.25 bits per heavy atom. The Kier molecular flexibility index (Phi) is 7.59. The number of amides is 1. The third kappa shape index (κ3) is 6.81. The summed E-state index contributed by atoms with van der Waals surface area (Å²) in [4.78, 5) is 11.8. The van der Waals surface area contributed by atoms with Gasteiger partial charge in [0.15, 0.2) is 0 Å². The number of unbranched alkanes of at least 4 members (excludes halogenated alkanes) is 1. The van der Waals surface area contributed by atoms with Crippen LogP contribution in [0.25, 0.3) is 0 Å². The first kappa shape index (κ1) is 20.3. The molecule has 0 bridgehead atoms. The van der Waals surface area contributed by atoms with Crippen molar-refractivity contribution in [3.05, 3.63) is 29.1 Å². The minimum absolute atomic E-state index is 0.279. The summed E-state index contributed by atoms with van der Waals surface area (Å²) >= 11 is 0. The van der Waals surface area contributed by atoms with E-state index in [4.69, 9.17) is 5.21 Å². The average molecular weight is 361 g/mol. The van der Waals surface area contributed by atoms with Crippen molar-refractivity contribution >= 4 is 21.6 Å². The zero-order valence-corrected chi connectivity index (χ0v) is 14.8. The molecule has 0 aliphatic carbocycles. The Morgan fingerprint density at radius 2 is 1.83 bits per heavy atom. The average Bonchev–Trinajstić information content (AvgIpc) is 2.49. The number of hydroxylamine groups is 1. The lowest BCUT2D eigenvalue weighted by Crippen LogP contribution is -2.38. The highest BCUT2D eigenvalue weighted by Crippen LogP contribution is 2.20. The van der Waals surface area contributed by atoms with E-state index in [1.54, 1.807) is 31.5 Å². The molecule has 7 nitrogen and oxygen atoms in total. The van der Waals surface area contributed by atoms with Crippen LogP contribution in [0.1, 0.15) is 30.4 Å². The molecule has 0 aliphatic heterocycles. The van der Waals surface area contributed by atoms with Crippen molar-refractivity contribution in [2.75, 3.05) is 18.1 Å². The molecule has 0 saturated heterocycles. The third-order valence-corrected chi connectivity index (χ3v) is 4.22. The predicted octanol–water partition coefficient (Wildman–Crippen LogP) is 1.45. The van der Waals surface area contributed by atoms with E-state index in [0.717, 1.165) is 6.26 Å². The van der Waals surface area contributed by atoms with E-state index >= 15 is 0 Å². The van der Waals surface area contributed by atoms with Crippen molar-refractivity contribution in [2.45, 2.75) is 39.2 Å². The van der Waals surface area contributed by atoms with E-state index in [1.165, 1.54) is 0 Å². The van der Waals surface area contributed by atoms with Crippen LogP contribution in [0.15, 0.2) is 12.1 Å². The lowest BCUT2D eigenvalue weighted by molar-refractivity contribution is -0.130. The fourth-order valence-corrected chi connectivity index (χ4v) is 2.82. The maximum Gasteiger partial charge on any atom is 0.265 e. The molecule has 1 atom stereocenters. The molecule has 1 aromatic carbocycles. The van der Waals surface area contributed by atoms with Crippen molar-refractivity contribution in [3.8, 4) is 0 Å². The topological polar surface area (TPSA) is 108 Å². The first-order valence-corrected chi connectivity index (χ1v) is 9.45. The second-order valence-corrected chi connectivity index (χ2v) is 7.59. The van der Waals surface area contributed by atoms with Gasteiger partial charge in [0.1, 0.15) is 11.9 Å². The number of rotatable bonds is 9. The van der Waals surface area contributed by atoms with Crippen LogP contribution in [-0.2, 0) is 14.8 Å². The van der Waals surface area contributed by atoms with Gasteiger partial charge in [0.05, 0.1) is 6.26 Å². The quantitative estimate of drug-likeness (QED) is 0.302. The molecule has 24 heavy (non-hydrogen) atoms. The summed E-state index contributed by atoms with van der Waals surface area (Å²) in [6.07, 6.45) is 2.57. The van der Waals surface area contributed by atoms with Crippen LogP contribution in [0.5, 0.6) is 0 Å². The molecule has 0 spiro atoms. The second-order valence-electron chi connectivity index (χ2n) is 5.76. The molecule has 0 unspecified atom stereocenters. The Hall–Kier alpha value is -1.71. The standard InChI is InChI=1S/C15H24FN3O4S/c1-10-8-12(9-11(2)14(10)16)18-13(15(20)19-21)6-4-5-7-17-24(3,22)23/h8-9,13,17-18,21H,4-7H2,1-3H3,(H,19,20)/t13-/m1/s1. The van der Waals surface area contributed by atoms with Crippen LogP contribution in [0.3, 0.4) is 0 Å². The Bertz CT molecular complexity index is 656. The van der Waals surface area contributed by atoms with Crippen LogP contribution in [0.2, 0.25) is 0 Å². The Labute approximate surface area is 141 Å². The molecule has 0 fully saturated rings. The van der Waals surface area contributed by atoms with E-state index < -0.39 is 22.0 Å². The number of hydrogen-bond donors (Lipinski definition) is 4. The zero-order valence-electron chi connectivity index (χ0n) is 14.0. The zero-order chi connectivity index (χ0) is 18.3. The fourth-order valence-electron chi connectivity index (χ4n) is 2.31. The Morgan fingerprint density at radius 3 is 2.33 bits per heavy atom. The molecule has 4 N–H and O–H groups in total. The number of hydrogen-bond acceptors (Lipinski definition) is 5. The molecule has 1 amide bonds. The second kappa shape index (κ2) is 8.95. The van der Waals surface area contributed by atoms with E-state index in [2.05, 4.69) is 10.0 Å². The van der Waals surface area contributed by atoms with Gasteiger partial charge in [0, 0.05) is 12.2 Å². The summed E-state index contributed by atoms with van der Waals surface area (Å²) in [7, 11) is -3.23. The summed E-state index contributed by atoms with van der Waals surface area (Å²) < 4.78 is 38.0. The van der Waals surface area contributed by atoms with Crippen molar-refractivity contribution < 1.29 is 22.8 Å². The highest BCUT2D eigenvalue weighted by Gasteiger charge is 2.18. The minimum atomic E-state index is -3.23. The lowest BCUT2D eigenvalue weighted by atomic mass is 10.1. The van der Waals surface area contributed by atoms with Gasteiger partial charge in [-0.25, -0.2) is 23.0 Å². The van der Waals surface area contributed by atoms with Gasteiger partial charge in [-0.15, -0.1) is 0 Å². The summed E-state index contributed by atoms with van der Waals surface area (Å²) in [5.41, 5.74) is 3.10. The summed E-state index contributed by atoms with van der Waals surface area (Å²) in [5.74, 6) is -0.902. The monoisotopic (exact) mass is 361 g/mol. The number of halogens is 1. The van der Waals surface area contributed by atoms with E-state index in [9.17, 15) is 17.6 Å². The molecular formula is C15H24FN3O4S. The molecule has 1 aromatic rings. The maximum atomic E-state index is 13.7. The number of nitrogens with one attached hydrogen (secondary N) is 3. The van der Waals surface area contributed by atoms with Gasteiger partial charge in [-0.3, -0.25) is 10.0 Å². The number of benzene rings is 1. The number of carbonyl (C=O) groups is 1. The van der Waals surface area contributed by atoms with Gasteiger partial charge in [-0.05, 0) is 56.4 Å². The summed E-state index contributed by atoms with van der Waals surface area (Å²) in [6.45, 7) is 3.54. The van der Waals surface area contributed by atoms with Crippen molar-refractivity contribution in [2.24, 2.45) is 0 Å². The molecule has 9 heteroatoms. The SMILES string of the molecule is Cc1cc(N[C@H](CCCCNS(C)(=O)=O)C(=O)NO)cc(C)c1F. The molecule has 0 saturated carbocycles. The van der Waals surface area contributed by atoms with Crippen molar-refractivity contribution in [1.82, 2.24) is 10.2 Å². The van der Waals surface area contributed by atoms with Gasteiger partial charge in [-0.2, -0.15) is 0 Å². The van der Waals surface area contributed by atoms with Crippen LogP contribution in [0.4, 0.5) is 10.1 Å². The maximum absolute atomic E-state index is 13.7. The molecule has 0 aliphatic rings. The fraction of sp³-hybridized carbons (Fsp3) is 0.533. The molecule has 0 aromatic heterocycles. The van der Waals surface area contributed by atoms with Crippen LogP contribution < -0.4 is 15.5 Å². The van der Waals surface area contributed by atoms with Gasteiger partial charge in [0.2, 0.25) is 10.0 Å². The number of aryl methyl sites for hydroxylation is 2. The van der Waals surface area contributed by atoms with E-state index in [0.29, 0.717) is 36.1 Å². The van der Waals surface area contributed by atoms with Crippen LogP contribution in [0, 0.1) is 19.7 Å². The summed E-state index contributed by atoms with van der Waals surface area (Å²) in [6, 6.07) is 2.47. The molecule has 1 rings (SSSR count). The summed E-state index contributed by atoms with van der Waals surface area (Å²) in [5, 5.41) is 11.8. The number of sulfonamides is 1. The highest BCUT2D eigenvalue weighted by molar-refractivity contribution is 7.88. The molecular weight excluding hydrogens is 337 g/mol. The first-order valence-electron chi connectivity index (χ1n) is 7.56.